The average molecular weight is 218 g/mol. The Labute approximate surface area is 92.7 Å². The molecule has 1 fully saturated rings. The van der Waals surface area contributed by atoms with Crippen molar-refractivity contribution in [1.29, 1.82) is 0 Å². The molecule has 16 heavy (non-hydrogen) atoms. The van der Waals surface area contributed by atoms with E-state index in [4.69, 9.17) is 5.73 Å². The third-order valence-electron chi connectivity index (χ3n) is 3.11. The maximum Gasteiger partial charge on any atom is 0.182 e. The number of nitrogens with two attached hydrogens (primary N) is 1. The summed E-state index contributed by atoms with van der Waals surface area (Å²) in [5.41, 5.74) is 7.55. The Hall–Kier alpha value is -1.69. The molecule has 6 nitrogen and oxygen atoms in total. The van der Waals surface area contributed by atoms with Crippen molar-refractivity contribution in [3.63, 3.8) is 0 Å². The normalized spacial score (nSPS) is 25.1. The minimum atomic E-state index is 0.216. The number of fused-ring (bicyclic) bond motifs is 1. The van der Waals surface area contributed by atoms with Crippen LogP contribution < -0.4 is 11.1 Å². The van der Waals surface area contributed by atoms with Gasteiger partial charge in [-0.25, -0.2) is 15.0 Å². The highest BCUT2D eigenvalue weighted by Crippen LogP contribution is 2.23. The van der Waals surface area contributed by atoms with Crippen LogP contribution >= 0.6 is 0 Å². The van der Waals surface area contributed by atoms with Crippen LogP contribution in [0.25, 0.3) is 11.2 Å². The van der Waals surface area contributed by atoms with Gasteiger partial charge < -0.3 is 16.0 Å². The molecule has 0 bridgehead atoms. The zero-order valence-electron chi connectivity index (χ0n) is 8.85. The number of aromatic amines is 1. The van der Waals surface area contributed by atoms with Gasteiger partial charge in [-0.2, -0.15) is 0 Å². The average Bonchev–Trinajstić information content (AvgIpc) is 2.89. The predicted molar refractivity (Wildman–Crippen MR) is 60.9 cm³/mol. The van der Waals surface area contributed by atoms with E-state index in [1.54, 1.807) is 6.33 Å². The third-order valence-corrected chi connectivity index (χ3v) is 3.11. The molecule has 1 aliphatic carbocycles. The van der Waals surface area contributed by atoms with Gasteiger partial charge in [0, 0.05) is 12.1 Å². The topological polar surface area (TPSA) is 92.5 Å². The lowest BCUT2D eigenvalue weighted by Gasteiger charge is -2.17. The highest BCUT2D eigenvalue weighted by atomic mass is 15.1. The van der Waals surface area contributed by atoms with Crippen LogP contribution in [-0.4, -0.2) is 32.0 Å². The molecule has 0 radical (unpaired) electrons. The van der Waals surface area contributed by atoms with Crippen molar-refractivity contribution < 1.29 is 0 Å². The summed E-state index contributed by atoms with van der Waals surface area (Å²) in [5, 5.41) is 3.37. The zero-order valence-corrected chi connectivity index (χ0v) is 8.85. The van der Waals surface area contributed by atoms with Gasteiger partial charge >= 0.3 is 0 Å². The standard InChI is InChI=1S/C10H14N6/c11-6-2-1-3-7(6)16-10-8-9(13-4-12-8)14-5-15-10/h4-7H,1-3,11H2,(H2,12,13,14,15,16). The van der Waals surface area contributed by atoms with Crippen LogP contribution in [0.5, 0.6) is 0 Å². The Kier molecular flexibility index (Phi) is 2.21. The lowest BCUT2D eigenvalue weighted by atomic mass is 10.2. The number of nitrogens with zero attached hydrogens (tertiary/aromatic N) is 3. The first-order valence-corrected chi connectivity index (χ1v) is 5.51. The van der Waals surface area contributed by atoms with Gasteiger partial charge in [0.05, 0.1) is 6.33 Å². The Balaban J connectivity index is 1.91. The van der Waals surface area contributed by atoms with Crippen LogP contribution in [0.1, 0.15) is 19.3 Å². The highest BCUT2D eigenvalue weighted by molar-refractivity contribution is 5.82. The van der Waals surface area contributed by atoms with E-state index >= 15 is 0 Å². The Morgan fingerprint density at radius 2 is 2.25 bits per heavy atom. The summed E-state index contributed by atoms with van der Waals surface area (Å²) in [6.45, 7) is 0. The monoisotopic (exact) mass is 218 g/mol. The summed E-state index contributed by atoms with van der Waals surface area (Å²) < 4.78 is 0. The summed E-state index contributed by atoms with van der Waals surface area (Å²) in [7, 11) is 0. The second kappa shape index (κ2) is 3.71. The first-order valence-electron chi connectivity index (χ1n) is 5.51. The summed E-state index contributed by atoms with van der Waals surface area (Å²) in [6, 6.07) is 0.523. The van der Waals surface area contributed by atoms with Crippen LogP contribution in [0, 0.1) is 0 Å². The van der Waals surface area contributed by atoms with Crippen LogP contribution in [0.2, 0.25) is 0 Å². The van der Waals surface area contributed by atoms with E-state index in [1.165, 1.54) is 12.7 Å². The molecule has 6 heteroatoms. The molecular weight excluding hydrogens is 204 g/mol. The van der Waals surface area contributed by atoms with E-state index in [2.05, 4.69) is 25.3 Å². The maximum absolute atomic E-state index is 6.01. The number of rotatable bonds is 2. The summed E-state index contributed by atoms with van der Waals surface area (Å²) in [5.74, 6) is 0.796. The molecule has 3 rings (SSSR count). The first kappa shape index (κ1) is 9.53. The number of nitrogens with one attached hydrogen (secondary N) is 2. The number of imidazole rings is 1. The van der Waals surface area contributed by atoms with E-state index < -0.39 is 0 Å². The minimum absolute atomic E-state index is 0.216. The quantitative estimate of drug-likeness (QED) is 0.688. The second-order valence-corrected chi connectivity index (χ2v) is 4.17. The Morgan fingerprint density at radius 3 is 3.06 bits per heavy atom. The van der Waals surface area contributed by atoms with Gasteiger partial charge in [0.15, 0.2) is 11.5 Å². The molecule has 84 valence electrons. The molecule has 2 unspecified atom stereocenters. The number of aromatic nitrogens is 4. The molecule has 0 spiro atoms. The van der Waals surface area contributed by atoms with Crippen molar-refractivity contribution in [2.24, 2.45) is 5.73 Å². The molecule has 1 aliphatic rings. The highest BCUT2D eigenvalue weighted by Gasteiger charge is 2.24. The van der Waals surface area contributed by atoms with Gasteiger partial charge in [0.1, 0.15) is 11.8 Å². The molecule has 2 aromatic heterocycles. The van der Waals surface area contributed by atoms with Gasteiger partial charge in [0.25, 0.3) is 0 Å². The molecule has 0 aliphatic heterocycles. The van der Waals surface area contributed by atoms with Gasteiger partial charge in [0.2, 0.25) is 0 Å². The molecule has 4 N–H and O–H groups in total. The zero-order chi connectivity index (χ0) is 11.0. The predicted octanol–water partition coefficient (Wildman–Crippen LogP) is 0.645. The summed E-state index contributed by atoms with van der Waals surface area (Å²) >= 11 is 0. The van der Waals surface area contributed by atoms with Crippen molar-refractivity contribution in [2.75, 3.05) is 5.32 Å². The van der Waals surface area contributed by atoms with Gasteiger partial charge in [-0.3, -0.25) is 0 Å². The lowest BCUT2D eigenvalue weighted by Crippen LogP contribution is -2.35. The summed E-state index contributed by atoms with van der Waals surface area (Å²) in [6.07, 6.45) is 6.50. The van der Waals surface area contributed by atoms with Crippen molar-refractivity contribution >= 4 is 17.0 Å². The molecular formula is C10H14N6. The van der Waals surface area contributed by atoms with Crippen LogP contribution in [0.3, 0.4) is 0 Å². The van der Waals surface area contributed by atoms with E-state index in [0.717, 1.165) is 24.2 Å². The van der Waals surface area contributed by atoms with Crippen molar-refractivity contribution in [1.82, 2.24) is 19.9 Å². The molecule has 2 heterocycles. The molecule has 0 aromatic carbocycles. The van der Waals surface area contributed by atoms with Crippen LogP contribution in [0.4, 0.5) is 5.82 Å². The molecule has 0 saturated heterocycles. The second-order valence-electron chi connectivity index (χ2n) is 4.17. The largest absolute Gasteiger partial charge is 0.364 e. The van der Waals surface area contributed by atoms with E-state index in [1.807, 2.05) is 0 Å². The number of H-pyrrole nitrogens is 1. The fourth-order valence-corrected chi connectivity index (χ4v) is 2.22. The lowest BCUT2D eigenvalue weighted by molar-refractivity contribution is 0.636. The van der Waals surface area contributed by atoms with Crippen molar-refractivity contribution in [3.05, 3.63) is 12.7 Å². The maximum atomic E-state index is 6.01. The van der Waals surface area contributed by atoms with Gasteiger partial charge in [-0.05, 0) is 19.3 Å². The van der Waals surface area contributed by atoms with E-state index in [0.29, 0.717) is 11.7 Å². The fourth-order valence-electron chi connectivity index (χ4n) is 2.22. The molecule has 2 aromatic rings. The number of anilines is 1. The third kappa shape index (κ3) is 1.51. The number of hydrogen-bond acceptors (Lipinski definition) is 5. The van der Waals surface area contributed by atoms with E-state index in [9.17, 15) is 0 Å². The van der Waals surface area contributed by atoms with Crippen LogP contribution in [-0.2, 0) is 0 Å². The first-order chi connectivity index (χ1) is 7.84. The Bertz CT molecular complexity index is 493. The molecule has 2 atom stereocenters. The smallest absolute Gasteiger partial charge is 0.182 e. The van der Waals surface area contributed by atoms with Crippen molar-refractivity contribution in [2.45, 2.75) is 31.3 Å². The minimum Gasteiger partial charge on any atom is -0.364 e. The summed E-state index contributed by atoms with van der Waals surface area (Å²) in [4.78, 5) is 15.4. The Morgan fingerprint density at radius 1 is 1.31 bits per heavy atom. The van der Waals surface area contributed by atoms with Gasteiger partial charge in [-0.15, -0.1) is 0 Å². The molecule has 1 saturated carbocycles. The SMILES string of the molecule is NC1CCCC1Nc1ncnc2nc[nH]c12. The fraction of sp³-hybridized carbons (Fsp3) is 0.500. The number of hydrogen-bond donors (Lipinski definition) is 3. The van der Waals surface area contributed by atoms with Gasteiger partial charge in [-0.1, -0.05) is 0 Å². The molecule has 0 amide bonds. The van der Waals surface area contributed by atoms with Crippen molar-refractivity contribution in [3.8, 4) is 0 Å². The van der Waals surface area contributed by atoms with Crippen LogP contribution in [0.15, 0.2) is 12.7 Å². The van der Waals surface area contributed by atoms with E-state index in [-0.39, 0.29) is 6.04 Å².